The van der Waals surface area contributed by atoms with Crippen LogP contribution >= 0.6 is 0 Å². The lowest BCUT2D eigenvalue weighted by Crippen LogP contribution is -2.45. The highest BCUT2D eigenvalue weighted by atomic mass is 16.3. The Labute approximate surface area is 109 Å². The Kier molecular flexibility index (Phi) is 4.91. The summed E-state index contributed by atoms with van der Waals surface area (Å²) in [4.78, 5) is 11.9. The Balaban J connectivity index is 2.58. The van der Waals surface area contributed by atoms with Crippen LogP contribution in [0.2, 0.25) is 0 Å². The van der Waals surface area contributed by atoms with Gasteiger partial charge in [0, 0.05) is 12.1 Å². The van der Waals surface area contributed by atoms with Crippen LogP contribution in [0, 0.1) is 12.8 Å². The van der Waals surface area contributed by atoms with Crippen molar-refractivity contribution in [2.24, 2.45) is 5.92 Å². The summed E-state index contributed by atoms with van der Waals surface area (Å²) in [5, 5.41) is 13.0. The molecule has 3 nitrogen and oxygen atoms in total. The van der Waals surface area contributed by atoms with E-state index in [1.807, 2.05) is 32.9 Å². The third-order valence-corrected chi connectivity index (χ3v) is 3.59. The molecule has 0 saturated carbocycles. The molecule has 0 fully saturated rings. The molecular weight excluding hydrogens is 226 g/mol. The third kappa shape index (κ3) is 3.84. The number of nitrogens with one attached hydrogen (secondary N) is 1. The Morgan fingerprint density at radius 2 is 1.94 bits per heavy atom. The largest absolute Gasteiger partial charge is 0.388 e. The van der Waals surface area contributed by atoms with Crippen LogP contribution in [0.15, 0.2) is 24.3 Å². The highest BCUT2D eigenvalue weighted by molar-refractivity contribution is 5.94. The Bertz CT molecular complexity index is 395. The summed E-state index contributed by atoms with van der Waals surface area (Å²) >= 11 is 0. The summed E-state index contributed by atoms with van der Waals surface area (Å²) in [7, 11) is 0. The van der Waals surface area contributed by atoms with Gasteiger partial charge in [-0.2, -0.15) is 0 Å². The number of amides is 1. The second-order valence-electron chi connectivity index (χ2n) is 5.22. The molecule has 1 rings (SSSR count). The number of carbonyl (C=O) groups is 1. The van der Waals surface area contributed by atoms with Crippen LogP contribution in [0.3, 0.4) is 0 Å². The maximum atomic E-state index is 11.9. The molecule has 0 aliphatic heterocycles. The van der Waals surface area contributed by atoms with Crippen molar-refractivity contribution in [3.63, 3.8) is 0 Å². The van der Waals surface area contributed by atoms with Gasteiger partial charge in [-0.3, -0.25) is 4.79 Å². The molecule has 0 saturated heterocycles. The van der Waals surface area contributed by atoms with E-state index in [9.17, 15) is 9.90 Å². The quantitative estimate of drug-likeness (QED) is 0.842. The van der Waals surface area contributed by atoms with E-state index < -0.39 is 5.60 Å². The summed E-state index contributed by atoms with van der Waals surface area (Å²) < 4.78 is 0. The van der Waals surface area contributed by atoms with Gasteiger partial charge in [-0.25, -0.2) is 0 Å². The van der Waals surface area contributed by atoms with E-state index >= 15 is 0 Å². The average Bonchev–Trinajstić information content (AvgIpc) is 2.35. The van der Waals surface area contributed by atoms with Crippen molar-refractivity contribution in [1.29, 1.82) is 0 Å². The Morgan fingerprint density at radius 3 is 2.44 bits per heavy atom. The lowest BCUT2D eigenvalue weighted by atomic mass is 9.88. The molecule has 2 unspecified atom stereocenters. The van der Waals surface area contributed by atoms with Crippen molar-refractivity contribution in [2.45, 2.75) is 39.7 Å². The minimum atomic E-state index is -0.866. The second-order valence-corrected chi connectivity index (χ2v) is 5.22. The number of hydrogen-bond donors (Lipinski definition) is 2. The molecule has 1 aromatic carbocycles. The van der Waals surface area contributed by atoms with E-state index in [-0.39, 0.29) is 18.4 Å². The molecule has 0 aromatic heterocycles. The molecule has 0 bridgehead atoms. The monoisotopic (exact) mass is 249 g/mol. The fourth-order valence-electron chi connectivity index (χ4n) is 1.68. The number of carbonyl (C=O) groups excluding carboxylic acids is 1. The summed E-state index contributed by atoms with van der Waals surface area (Å²) in [5.74, 6) is 0.00870. The molecule has 0 spiro atoms. The van der Waals surface area contributed by atoms with Crippen molar-refractivity contribution in [2.75, 3.05) is 6.54 Å². The first kappa shape index (κ1) is 14.7. The smallest absolute Gasteiger partial charge is 0.251 e. The van der Waals surface area contributed by atoms with Gasteiger partial charge in [0.1, 0.15) is 0 Å². The van der Waals surface area contributed by atoms with Crippen LogP contribution in [-0.4, -0.2) is 23.2 Å². The summed E-state index contributed by atoms with van der Waals surface area (Å²) in [6, 6.07) is 7.40. The van der Waals surface area contributed by atoms with E-state index in [2.05, 4.69) is 5.32 Å². The molecule has 18 heavy (non-hydrogen) atoms. The van der Waals surface area contributed by atoms with E-state index in [0.717, 1.165) is 12.0 Å². The van der Waals surface area contributed by atoms with Gasteiger partial charge < -0.3 is 10.4 Å². The van der Waals surface area contributed by atoms with Gasteiger partial charge in [-0.1, -0.05) is 38.0 Å². The van der Waals surface area contributed by atoms with Gasteiger partial charge >= 0.3 is 0 Å². The van der Waals surface area contributed by atoms with Crippen LogP contribution in [0.4, 0.5) is 0 Å². The molecule has 0 aliphatic rings. The zero-order chi connectivity index (χ0) is 13.8. The molecule has 3 heteroatoms. The minimum absolute atomic E-state index is 0.140. The first-order chi connectivity index (χ1) is 8.36. The van der Waals surface area contributed by atoms with Gasteiger partial charge in [0.2, 0.25) is 0 Å². The normalized spacial score (nSPS) is 15.8. The first-order valence-corrected chi connectivity index (χ1v) is 6.44. The number of aryl methyl sites for hydroxylation is 1. The predicted molar refractivity (Wildman–Crippen MR) is 73.6 cm³/mol. The molecule has 100 valence electrons. The fraction of sp³-hybridized carbons (Fsp3) is 0.533. The third-order valence-electron chi connectivity index (χ3n) is 3.59. The van der Waals surface area contributed by atoms with Crippen LogP contribution in [0.5, 0.6) is 0 Å². The predicted octanol–water partition coefficient (Wildman–Crippen LogP) is 2.52. The number of aliphatic hydroxyl groups is 1. The van der Waals surface area contributed by atoms with Crippen LogP contribution in [0.25, 0.3) is 0 Å². The standard InChI is InChI=1S/C15H23NO2/c1-5-12(3)15(4,18)10-16-14(17)13-8-6-11(2)7-9-13/h6-9,12,18H,5,10H2,1-4H3,(H,16,17). The van der Waals surface area contributed by atoms with Crippen molar-refractivity contribution < 1.29 is 9.90 Å². The lowest BCUT2D eigenvalue weighted by molar-refractivity contribution is 0.00592. The second kappa shape index (κ2) is 6.01. The number of rotatable bonds is 5. The van der Waals surface area contributed by atoms with E-state index in [0.29, 0.717) is 5.56 Å². The van der Waals surface area contributed by atoms with Crippen molar-refractivity contribution in [3.05, 3.63) is 35.4 Å². The van der Waals surface area contributed by atoms with Gasteiger partial charge in [0.25, 0.3) is 5.91 Å². The van der Waals surface area contributed by atoms with Crippen LogP contribution in [-0.2, 0) is 0 Å². The number of benzene rings is 1. The minimum Gasteiger partial charge on any atom is -0.388 e. The summed E-state index contributed by atoms with van der Waals surface area (Å²) in [5.41, 5.74) is 0.883. The SMILES string of the molecule is CCC(C)C(C)(O)CNC(=O)c1ccc(C)cc1. The van der Waals surface area contributed by atoms with E-state index in [1.54, 1.807) is 19.1 Å². The molecule has 0 heterocycles. The molecule has 1 aromatic rings. The Hall–Kier alpha value is -1.35. The van der Waals surface area contributed by atoms with Crippen LogP contribution < -0.4 is 5.32 Å². The Morgan fingerprint density at radius 1 is 1.39 bits per heavy atom. The molecule has 1 amide bonds. The van der Waals surface area contributed by atoms with Gasteiger partial charge in [0.15, 0.2) is 0 Å². The van der Waals surface area contributed by atoms with Crippen LogP contribution in [0.1, 0.15) is 43.1 Å². The van der Waals surface area contributed by atoms with Crippen molar-refractivity contribution in [1.82, 2.24) is 5.32 Å². The molecular formula is C15H23NO2. The number of hydrogen-bond acceptors (Lipinski definition) is 2. The van der Waals surface area contributed by atoms with Gasteiger partial charge in [-0.05, 0) is 31.9 Å². The summed E-state index contributed by atoms with van der Waals surface area (Å²) in [6.07, 6.45) is 0.882. The fourth-order valence-corrected chi connectivity index (χ4v) is 1.68. The molecule has 0 radical (unpaired) electrons. The highest BCUT2D eigenvalue weighted by Gasteiger charge is 2.27. The van der Waals surface area contributed by atoms with Crippen molar-refractivity contribution in [3.8, 4) is 0 Å². The molecule has 2 atom stereocenters. The first-order valence-electron chi connectivity index (χ1n) is 6.44. The lowest BCUT2D eigenvalue weighted by Gasteiger charge is -2.29. The van der Waals surface area contributed by atoms with Gasteiger partial charge in [0.05, 0.1) is 5.60 Å². The van der Waals surface area contributed by atoms with Gasteiger partial charge in [-0.15, -0.1) is 0 Å². The molecule has 2 N–H and O–H groups in total. The summed E-state index contributed by atoms with van der Waals surface area (Å²) in [6.45, 7) is 8.03. The zero-order valence-electron chi connectivity index (χ0n) is 11.7. The topological polar surface area (TPSA) is 49.3 Å². The van der Waals surface area contributed by atoms with E-state index in [4.69, 9.17) is 0 Å². The van der Waals surface area contributed by atoms with Crippen molar-refractivity contribution >= 4 is 5.91 Å². The maximum Gasteiger partial charge on any atom is 0.251 e. The highest BCUT2D eigenvalue weighted by Crippen LogP contribution is 2.19. The van der Waals surface area contributed by atoms with E-state index in [1.165, 1.54) is 0 Å². The average molecular weight is 249 g/mol. The maximum absolute atomic E-state index is 11.9. The molecule has 0 aliphatic carbocycles. The zero-order valence-corrected chi connectivity index (χ0v) is 11.7.